The van der Waals surface area contributed by atoms with Crippen LogP contribution in [0.5, 0.6) is 0 Å². The number of aryl methyl sites for hydroxylation is 1. The van der Waals surface area contributed by atoms with Crippen molar-refractivity contribution in [2.75, 3.05) is 5.88 Å². The van der Waals surface area contributed by atoms with Gasteiger partial charge in [-0.05, 0) is 23.6 Å². The molecular formula is C17H18BrClO2. The molecule has 0 aliphatic carbocycles. The summed E-state index contributed by atoms with van der Waals surface area (Å²) in [5.41, 5.74) is 2.21. The summed E-state index contributed by atoms with van der Waals surface area (Å²) in [6.07, 6.45) is 3.65. The van der Waals surface area contributed by atoms with Gasteiger partial charge in [0.25, 0.3) is 0 Å². The molecule has 1 N–H and O–H groups in total. The van der Waals surface area contributed by atoms with Crippen molar-refractivity contribution in [3.05, 3.63) is 77.9 Å². The zero-order chi connectivity index (χ0) is 14.6. The number of halogens is 2. The number of benzene rings is 2. The largest absolute Gasteiger partial charge is 0.478 e. The summed E-state index contributed by atoms with van der Waals surface area (Å²) in [7, 11) is 0. The third-order valence-corrected chi connectivity index (χ3v) is 2.63. The lowest BCUT2D eigenvalue weighted by atomic mass is 10.2. The Hall–Kier alpha value is -1.58. The number of hydrogen-bond donors (Lipinski definition) is 1. The zero-order valence-electron chi connectivity index (χ0n) is 11.5. The molecule has 0 aromatic heterocycles. The van der Waals surface area contributed by atoms with E-state index in [1.807, 2.05) is 48.5 Å². The Morgan fingerprint density at radius 3 is 2.00 bits per heavy atom. The van der Waals surface area contributed by atoms with E-state index in [9.17, 15) is 4.79 Å². The van der Waals surface area contributed by atoms with Crippen LogP contribution in [-0.2, 0) is 11.2 Å². The molecule has 0 fully saturated rings. The first-order valence-electron chi connectivity index (χ1n) is 6.28. The lowest BCUT2D eigenvalue weighted by molar-refractivity contribution is -0.131. The molecule has 0 atom stereocenters. The van der Waals surface area contributed by atoms with Crippen LogP contribution < -0.4 is 0 Å². The lowest BCUT2D eigenvalue weighted by Crippen LogP contribution is -1.85. The third kappa shape index (κ3) is 9.88. The molecule has 2 rings (SSSR count). The second-order valence-electron chi connectivity index (χ2n) is 4.01. The Labute approximate surface area is 140 Å². The maximum absolute atomic E-state index is 10.1. The Bertz CT molecular complexity index is 527. The van der Waals surface area contributed by atoms with E-state index in [-0.39, 0.29) is 17.0 Å². The van der Waals surface area contributed by atoms with Gasteiger partial charge >= 0.3 is 5.97 Å². The molecule has 0 amide bonds. The highest BCUT2D eigenvalue weighted by atomic mass is 79.9. The van der Waals surface area contributed by atoms with Crippen molar-refractivity contribution in [2.45, 2.75) is 6.42 Å². The van der Waals surface area contributed by atoms with E-state index in [1.54, 1.807) is 6.08 Å². The van der Waals surface area contributed by atoms with Crippen LogP contribution in [0.4, 0.5) is 0 Å². The molecular weight excluding hydrogens is 352 g/mol. The summed E-state index contributed by atoms with van der Waals surface area (Å²) in [6, 6.07) is 19.5. The highest BCUT2D eigenvalue weighted by Gasteiger charge is 1.86. The smallest absolute Gasteiger partial charge is 0.328 e. The SMILES string of the molecule is Br.ClCCc1ccccc1.O=C(O)C=Cc1ccccc1. The number of carboxylic acids is 1. The van der Waals surface area contributed by atoms with E-state index in [0.29, 0.717) is 5.88 Å². The van der Waals surface area contributed by atoms with Crippen LogP contribution in [0.25, 0.3) is 6.08 Å². The average Bonchev–Trinajstić information content (AvgIpc) is 2.48. The molecule has 0 saturated heterocycles. The van der Waals surface area contributed by atoms with E-state index in [1.165, 1.54) is 5.56 Å². The van der Waals surface area contributed by atoms with Crippen LogP contribution in [0.3, 0.4) is 0 Å². The van der Waals surface area contributed by atoms with Gasteiger partial charge in [0.1, 0.15) is 0 Å². The molecule has 2 nitrogen and oxygen atoms in total. The number of carbonyl (C=O) groups is 1. The fourth-order valence-electron chi connectivity index (χ4n) is 1.49. The van der Waals surface area contributed by atoms with E-state index in [2.05, 4.69) is 12.1 Å². The monoisotopic (exact) mass is 368 g/mol. The molecule has 0 bridgehead atoms. The Balaban J connectivity index is 0.000000370. The molecule has 112 valence electrons. The van der Waals surface area contributed by atoms with Crippen LogP contribution in [0, 0.1) is 0 Å². The fourth-order valence-corrected chi connectivity index (χ4v) is 1.70. The second-order valence-corrected chi connectivity index (χ2v) is 4.38. The van der Waals surface area contributed by atoms with Gasteiger partial charge in [0.05, 0.1) is 0 Å². The van der Waals surface area contributed by atoms with Crippen molar-refractivity contribution in [3.63, 3.8) is 0 Å². The summed E-state index contributed by atoms with van der Waals surface area (Å²) in [5.74, 6) is -0.210. The number of carboxylic acid groups (broad SMARTS) is 1. The van der Waals surface area contributed by atoms with Gasteiger partial charge in [-0.15, -0.1) is 28.6 Å². The molecule has 0 heterocycles. The lowest BCUT2D eigenvalue weighted by Gasteiger charge is -1.92. The van der Waals surface area contributed by atoms with Gasteiger partial charge in [0.15, 0.2) is 0 Å². The summed E-state index contributed by atoms with van der Waals surface area (Å²) in [5, 5.41) is 8.29. The summed E-state index contributed by atoms with van der Waals surface area (Å²) < 4.78 is 0. The molecule has 0 aliphatic rings. The van der Waals surface area contributed by atoms with Crippen molar-refractivity contribution in [1.29, 1.82) is 0 Å². The van der Waals surface area contributed by atoms with Gasteiger partial charge < -0.3 is 5.11 Å². The highest BCUT2D eigenvalue weighted by Crippen LogP contribution is 2.00. The van der Waals surface area contributed by atoms with Gasteiger partial charge in [-0.2, -0.15) is 0 Å². The molecule has 2 aromatic carbocycles. The molecule has 0 unspecified atom stereocenters. The number of hydrogen-bond acceptors (Lipinski definition) is 1. The standard InChI is InChI=1S/C9H8O2.C8H9Cl.BrH/c10-9(11)7-6-8-4-2-1-3-5-8;9-7-6-8-4-2-1-3-5-8;/h1-7H,(H,10,11);1-5H,6-7H2;1H. The van der Waals surface area contributed by atoms with Gasteiger partial charge in [-0.1, -0.05) is 60.7 Å². The minimum absolute atomic E-state index is 0. The molecule has 0 spiro atoms. The zero-order valence-corrected chi connectivity index (χ0v) is 14.0. The van der Waals surface area contributed by atoms with E-state index in [4.69, 9.17) is 16.7 Å². The maximum atomic E-state index is 10.1. The van der Waals surface area contributed by atoms with Gasteiger partial charge in [0.2, 0.25) is 0 Å². The molecule has 21 heavy (non-hydrogen) atoms. The van der Waals surface area contributed by atoms with Crippen LogP contribution in [0.2, 0.25) is 0 Å². The molecule has 0 radical (unpaired) electrons. The topological polar surface area (TPSA) is 37.3 Å². The number of alkyl halides is 1. The van der Waals surface area contributed by atoms with Crippen molar-refractivity contribution >= 4 is 40.6 Å². The molecule has 0 aliphatic heterocycles. The van der Waals surface area contributed by atoms with Crippen molar-refractivity contribution in [2.24, 2.45) is 0 Å². The molecule has 0 saturated carbocycles. The van der Waals surface area contributed by atoms with Crippen molar-refractivity contribution in [3.8, 4) is 0 Å². The normalized spacial score (nSPS) is 9.38. The average molecular weight is 370 g/mol. The van der Waals surface area contributed by atoms with Crippen LogP contribution >= 0.6 is 28.6 Å². The Kier molecular flexibility index (Phi) is 11.3. The van der Waals surface area contributed by atoms with Crippen LogP contribution in [0.1, 0.15) is 11.1 Å². The first-order chi connectivity index (χ1) is 9.72. The predicted molar refractivity (Wildman–Crippen MR) is 94.3 cm³/mol. The van der Waals surface area contributed by atoms with E-state index >= 15 is 0 Å². The fraction of sp³-hybridized carbons (Fsp3) is 0.118. The minimum atomic E-state index is -0.922. The first-order valence-corrected chi connectivity index (χ1v) is 6.82. The summed E-state index contributed by atoms with van der Waals surface area (Å²) in [6.45, 7) is 0. The summed E-state index contributed by atoms with van der Waals surface area (Å²) in [4.78, 5) is 10.1. The molecule has 2 aromatic rings. The number of aliphatic carboxylic acids is 1. The Morgan fingerprint density at radius 1 is 1.00 bits per heavy atom. The van der Waals surface area contributed by atoms with Gasteiger partial charge in [0, 0.05) is 12.0 Å². The van der Waals surface area contributed by atoms with E-state index < -0.39 is 5.97 Å². The highest BCUT2D eigenvalue weighted by molar-refractivity contribution is 8.93. The quantitative estimate of drug-likeness (QED) is 0.619. The van der Waals surface area contributed by atoms with Crippen LogP contribution in [-0.4, -0.2) is 17.0 Å². The van der Waals surface area contributed by atoms with E-state index in [0.717, 1.165) is 18.1 Å². The number of rotatable bonds is 4. The van der Waals surface area contributed by atoms with Crippen molar-refractivity contribution < 1.29 is 9.90 Å². The third-order valence-electron chi connectivity index (χ3n) is 2.44. The predicted octanol–water partition coefficient (Wildman–Crippen LogP) is 4.83. The Morgan fingerprint density at radius 2 is 1.52 bits per heavy atom. The maximum Gasteiger partial charge on any atom is 0.328 e. The van der Waals surface area contributed by atoms with Crippen LogP contribution in [0.15, 0.2) is 66.7 Å². The second kappa shape index (κ2) is 12.2. The molecule has 4 heteroatoms. The first kappa shape index (κ1) is 19.4. The van der Waals surface area contributed by atoms with Crippen molar-refractivity contribution in [1.82, 2.24) is 0 Å². The van der Waals surface area contributed by atoms with Gasteiger partial charge in [-0.3, -0.25) is 0 Å². The minimum Gasteiger partial charge on any atom is -0.478 e. The van der Waals surface area contributed by atoms with Gasteiger partial charge in [-0.25, -0.2) is 4.79 Å². The summed E-state index contributed by atoms with van der Waals surface area (Å²) >= 11 is 5.54.